The largest absolute Gasteiger partial charge is 0.342 e. The Hall–Kier alpha value is -3.71. The Morgan fingerprint density at radius 2 is 1.55 bits per heavy atom. The lowest BCUT2D eigenvalue weighted by molar-refractivity contribution is -0.134. The average molecular weight is 502 g/mol. The quantitative estimate of drug-likeness (QED) is 0.291. The van der Waals surface area contributed by atoms with Crippen LogP contribution in [0.1, 0.15) is 11.1 Å². The summed E-state index contributed by atoms with van der Waals surface area (Å²) in [6.07, 6.45) is 3.53. The molecule has 4 aromatic rings. The first-order valence-electron chi connectivity index (χ1n) is 10.4. The van der Waals surface area contributed by atoms with Gasteiger partial charge in [0.15, 0.2) is 0 Å². The maximum absolute atomic E-state index is 12.7. The highest BCUT2D eigenvalue weighted by molar-refractivity contribution is 9.10. The Kier molecular flexibility index (Phi) is 5.13. The molecule has 1 aliphatic heterocycles. The molecule has 0 atom stereocenters. The molecule has 1 fully saturated rings. The van der Waals surface area contributed by atoms with E-state index in [4.69, 9.17) is 0 Å². The van der Waals surface area contributed by atoms with Crippen LogP contribution in [0.15, 0.2) is 76.9 Å². The summed E-state index contributed by atoms with van der Waals surface area (Å²) in [4.78, 5) is 39.4. The number of nitrogens with zero attached hydrogens (tertiary/aromatic N) is 3. The lowest BCUT2D eigenvalue weighted by Crippen LogP contribution is -2.52. The zero-order valence-electron chi connectivity index (χ0n) is 18.1. The van der Waals surface area contributed by atoms with Crippen molar-refractivity contribution in [3.05, 3.63) is 88.0 Å². The number of amides is 4. The second-order valence-electron chi connectivity index (χ2n) is 8.08. The predicted molar refractivity (Wildman–Crippen MR) is 132 cm³/mol. The van der Waals surface area contributed by atoms with Gasteiger partial charge in [-0.05, 0) is 40.6 Å². The SMILES string of the molecule is CN1C(=O)C(=Cc2cn(Cc3cccc4ccccc34)c3ccc(Br)cc23)C(=O)N(C)C1=O. The molecule has 1 saturated heterocycles. The lowest BCUT2D eigenvalue weighted by Gasteiger charge is -2.28. The number of hydrogen-bond acceptors (Lipinski definition) is 3. The van der Waals surface area contributed by atoms with Gasteiger partial charge >= 0.3 is 6.03 Å². The number of hydrogen-bond donors (Lipinski definition) is 0. The topological polar surface area (TPSA) is 62.6 Å². The summed E-state index contributed by atoms with van der Waals surface area (Å²) in [5.74, 6) is -1.21. The molecule has 0 saturated carbocycles. The second-order valence-corrected chi connectivity index (χ2v) is 9.00. The molecule has 164 valence electrons. The highest BCUT2D eigenvalue weighted by Gasteiger charge is 2.38. The van der Waals surface area contributed by atoms with E-state index < -0.39 is 17.8 Å². The summed E-state index contributed by atoms with van der Waals surface area (Å²) < 4.78 is 3.01. The number of carbonyl (C=O) groups excluding carboxylic acids is 3. The Balaban J connectivity index is 1.65. The van der Waals surface area contributed by atoms with Crippen molar-refractivity contribution < 1.29 is 14.4 Å². The molecular formula is C26H20BrN3O3. The monoisotopic (exact) mass is 501 g/mol. The van der Waals surface area contributed by atoms with Crippen molar-refractivity contribution in [1.29, 1.82) is 0 Å². The van der Waals surface area contributed by atoms with Gasteiger partial charge in [0.2, 0.25) is 0 Å². The van der Waals surface area contributed by atoms with Crippen LogP contribution in [-0.4, -0.2) is 46.3 Å². The van der Waals surface area contributed by atoms with Crippen LogP contribution in [0, 0.1) is 0 Å². The third kappa shape index (κ3) is 3.54. The third-order valence-corrected chi connectivity index (χ3v) is 6.53. The van der Waals surface area contributed by atoms with Crippen LogP contribution < -0.4 is 0 Å². The van der Waals surface area contributed by atoms with Crippen LogP contribution in [0.25, 0.3) is 27.8 Å². The molecule has 33 heavy (non-hydrogen) atoms. The van der Waals surface area contributed by atoms with Crippen molar-refractivity contribution in [2.75, 3.05) is 14.1 Å². The molecule has 4 amide bonds. The fraction of sp³-hybridized carbons (Fsp3) is 0.115. The van der Waals surface area contributed by atoms with Crippen LogP contribution in [0.3, 0.4) is 0 Å². The Morgan fingerprint density at radius 1 is 0.848 bits per heavy atom. The molecule has 0 aliphatic carbocycles. The van der Waals surface area contributed by atoms with Crippen LogP contribution in [0.2, 0.25) is 0 Å². The standard InChI is InChI=1S/C26H20BrN3O3/c1-28-24(31)22(25(32)29(2)26(28)33)12-18-15-30(23-11-10-19(27)13-21(18)23)14-17-8-5-7-16-6-3-4-9-20(16)17/h3-13,15H,14H2,1-2H3. The van der Waals surface area contributed by atoms with Crippen molar-refractivity contribution in [3.8, 4) is 0 Å². The Morgan fingerprint density at radius 3 is 2.30 bits per heavy atom. The maximum atomic E-state index is 12.7. The van der Waals surface area contributed by atoms with Gasteiger partial charge in [0.1, 0.15) is 5.57 Å². The zero-order valence-corrected chi connectivity index (χ0v) is 19.7. The fourth-order valence-electron chi connectivity index (χ4n) is 4.29. The van der Waals surface area contributed by atoms with E-state index in [9.17, 15) is 14.4 Å². The molecule has 0 N–H and O–H groups in total. The summed E-state index contributed by atoms with van der Waals surface area (Å²) in [5.41, 5.74) is 2.84. The van der Waals surface area contributed by atoms with Crippen LogP contribution >= 0.6 is 15.9 Å². The highest BCUT2D eigenvalue weighted by atomic mass is 79.9. The summed E-state index contributed by atoms with van der Waals surface area (Å²) in [7, 11) is 2.75. The van der Waals surface area contributed by atoms with Gasteiger partial charge in [-0.15, -0.1) is 0 Å². The summed E-state index contributed by atoms with van der Waals surface area (Å²) >= 11 is 3.53. The lowest BCUT2D eigenvalue weighted by atomic mass is 10.0. The van der Waals surface area contributed by atoms with E-state index in [1.54, 1.807) is 6.08 Å². The molecule has 0 radical (unpaired) electrons. The number of urea groups is 1. The minimum Gasteiger partial charge on any atom is -0.342 e. The average Bonchev–Trinajstić information content (AvgIpc) is 3.15. The summed E-state index contributed by atoms with van der Waals surface area (Å²) in [6.45, 7) is 0.628. The number of carbonyl (C=O) groups is 3. The number of imide groups is 2. The van der Waals surface area contributed by atoms with Gasteiger partial charge in [0.25, 0.3) is 11.8 Å². The van der Waals surface area contributed by atoms with Gasteiger partial charge < -0.3 is 4.57 Å². The van der Waals surface area contributed by atoms with E-state index in [-0.39, 0.29) is 5.57 Å². The minimum absolute atomic E-state index is 0.0382. The number of aromatic nitrogens is 1. The van der Waals surface area contributed by atoms with Crippen molar-refractivity contribution in [2.45, 2.75) is 6.54 Å². The molecule has 7 heteroatoms. The number of barbiturate groups is 1. The van der Waals surface area contributed by atoms with E-state index >= 15 is 0 Å². The minimum atomic E-state index is -0.636. The van der Waals surface area contributed by atoms with Crippen molar-refractivity contribution in [3.63, 3.8) is 0 Å². The van der Waals surface area contributed by atoms with Crippen LogP contribution in [-0.2, 0) is 16.1 Å². The van der Waals surface area contributed by atoms with Gasteiger partial charge in [0.05, 0.1) is 0 Å². The molecular weight excluding hydrogens is 482 g/mol. The van der Waals surface area contributed by atoms with E-state index in [0.29, 0.717) is 6.54 Å². The molecule has 5 rings (SSSR count). The number of benzene rings is 3. The zero-order chi connectivity index (χ0) is 23.3. The molecule has 0 unspecified atom stereocenters. The molecule has 1 aromatic heterocycles. The van der Waals surface area contributed by atoms with Crippen LogP contribution in [0.4, 0.5) is 4.79 Å². The van der Waals surface area contributed by atoms with Gasteiger partial charge in [-0.2, -0.15) is 0 Å². The van der Waals surface area contributed by atoms with Crippen molar-refractivity contribution >= 4 is 61.5 Å². The molecule has 6 nitrogen and oxygen atoms in total. The fourth-order valence-corrected chi connectivity index (χ4v) is 4.65. The number of rotatable bonds is 3. The number of fused-ring (bicyclic) bond motifs is 2. The van der Waals surface area contributed by atoms with Gasteiger partial charge in [0, 0.05) is 47.8 Å². The van der Waals surface area contributed by atoms with Gasteiger partial charge in [-0.25, -0.2) is 4.79 Å². The Bertz CT molecular complexity index is 1470. The molecule has 0 spiro atoms. The second kappa shape index (κ2) is 8.01. The van der Waals surface area contributed by atoms with Crippen molar-refractivity contribution in [1.82, 2.24) is 14.4 Å². The van der Waals surface area contributed by atoms with Gasteiger partial charge in [-0.3, -0.25) is 19.4 Å². The smallest absolute Gasteiger partial charge is 0.333 e. The predicted octanol–water partition coefficient (Wildman–Crippen LogP) is 5.04. The first kappa shape index (κ1) is 21.2. The molecule has 1 aliphatic rings. The van der Waals surface area contributed by atoms with E-state index in [0.717, 1.165) is 30.7 Å². The van der Waals surface area contributed by atoms with E-state index in [1.165, 1.54) is 30.4 Å². The third-order valence-electron chi connectivity index (χ3n) is 6.04. The normalized spacial score (nSPS) is 14.6. The summed E-state index contributed by atoms with van der Waals surface area (Å²) in [6, 6.07) is 19.8. The maximum Gasteiger partial charge on any atom is 0.333 e. The Labute approximate surface area is 198 Å². The summed E-state index contributed by atoms with van der Waals surface area (Å²) in [5, 5.41) is 3.25. The number of likely N-dealkylation sites (N-methyl/N-ethyl adjacent to an activating group) is 2. The van der Waals surface area contributed by atoms with E-state index in [2.05, 4.69) is 44.8 Å². The van der Waals surface area contributed by atoms with Crippen LogP contribution in [0.5, 0.6) is 0 Å². The molecule has 0 bridgehead atoms. The highest BCUT2D eigenvalue weighted by Crippen LogP contribution is 2.30. The first-order chi connectivity index (χ1) is 15.8. The number of halogens is 1. The first-order valence-corrected chi connectivity index (χ1v) is 11.2. The van der Waals surface area contributed by atoms with Gasteiger partial charge in [-0.1, -0.05) is 58.4 Å². The molecule has 2 heterocycles. The van der Waals surface area contributed by atoms with Crippen molar-refractivity contribution in [2.24, 2.45) is 0 Å². The molecule has 3 aromatic carbocycles. The van der Waals surface area contributed by atoms with E-state index in [1.807, 2.05) is 42.6 Å².